The fraction of sp³-hybridized carbons (Fsp3) is 0.125. The second-order valence-corrected chi connectivity index (χ2v) is 4.12. The number of aromatic nitrogens is 1. The lowest BCUT2D eigenvalue weighted by Crippen LogP contribution is -1.99. The number of hydrogen-bond donors (Lipinski definition) is 1. The largest absolute Gasteiger partial charge is 0.463 e. The first kappa shape index (κ1) is 13.8. The molecule has 20 heavy (non-hydrogen) atoms. The van der Waals surface area contributed by atoms with Crippen LogP contribution in [0.25, 0.3) is 6.08 Å². The zero-order chi connectivity index (χ0) is 14.4. The Hall–Kier alpha value is -2.62. The van der Waals surface area contributed by atoms with Crippen molar-refractivity contribution in [1.82, 2.24) is 4.98 Å². The molecule has 0 aliphatic rings. The first-order chi connectivity index (χ1) is 9.70. The van der Waals surface area contributed by atoms with Gasteiger partial charge < -0.3 is 9.72 Å². The lowest BCUT2D eigenvalue weighted by atomic mass is 10.1. The lowest BCUT2D eigenvalue weighted by Gasteiger charge is -1.96. The van der Waals surface area contributed by atoms with Gasteiger partial charge in [0, 0.05) is 29.1 Å². The topological polar surface area (TPSA) is 59.2 Å². The Labute approximate surface area is 117 Å². The third-order valence-electron chi connectivity index (χ3n) is 2.69. The molecule has 0 atom stereocenters. The Kier molecular flexibility index (Phi) is 4.50. The van der Waals surface area contributed by atoms with Crippen LogP contribution < -0.4 is 0 Å². The van der Waals surface area contributed by atoms with Crippen LogP contribution in [0.5, 0.6) is 0 Å². The molecule has 4 heteroatoms. The molecular weight excluding hydrogens is 254 g/mol. The normalized spacial score (nSPS) is 10.7. The third kappa shape index (κ3) is 3.45. The molecule has 0 bridgehead atoms. The first-order valence-electron chi connectivity index (χ1n) is 6.33. The number of carbonyl (C=O) groups excluding carboxylic acids is 2. The van der Waals surface area contributed by atoms with Gasteiger partial charge in [-0.05, 0) is 19.1 Å². The van der Waals surface area contributed by atoms with E-state index < -0.39 is 5.97 Å². The highest BCUT2D eigenvalue weighted by atomic mass is 16.5. The van der Waals surface area contributed by atoms with Crippen LogP contribution in [0.2, 0.25) is 0 Å². The third-order valence-corrected chi connectivity index (χ3v) is 2.69. The number of esters is 1. The minimum absolute atomic E-state index is 0.0577. The molecule has 0 aliphatic carbocycles. The molecule has 1 aromatic heterocycles. The molecule has 2 rings (SSSR count). The van der Waals surface area contributed by atoms with Gasteiger partial charge in [-0.3, -0.25) is 4.79 Å². The standard InChI is InChI=1S/C16H15NO3/c1-2-20-15(18)9-8-14-10-13(11-17-14)16(19)12-6-4-3-5-7-12/h3-11,17H,2H2,1H3/b9-8+. The van der Waals surface area contributed by atoms with Crippen molar-refractivity contribution in [2.24, 2.45) is 0 Å². The van der Waals surface area contributed by atoms with Crippen LogP contribution in [-0.2, 0) is 9.53 Å². The van der Waals surface area contributed by atoms with Crippen LogP contribution in [0.3, 0.4) is 0 Å². The molecule has 1 N–H and O–H groups in total. The van der Waals surface area contributed by atoms with Crippen LogP contribution in [0.4, 0.5) is 0 Å². The summed E-state index contributed by atoms with van der Waals surface area (Å²) < 4.78 is 4.78. The Bertz CT molecular complexity index is 626. The molecule has 0 radical (unpaired) electrons. The van der Waals surface area contributed by atoms with Gasteiger partial charge in [0.1, 0.15) is 0 Å². The fourth-order valence-electron chi connectivity index (χ4n) is 1.74. The summed E-state index contributed by atoms with van der Waals surface area (Å²) in [4.78, 5) is 26.3. The minimum Gasteiger partial charge on any atom is -0.463 e. The number of H-pyrrole nitrogens is 1. The van der Waals surface area contributed by atoms with Gasteiger partial charge in [0.05, 0.1) is 6.61 Å². The maximum Gasteiger partial charge on any atom is 0.330 e. The predicted octanol–water partition coefficient (Wildman–Crippen LogP) is 2.82. The highest BCUT2D eigenvalue weighted by molar-refractivity contribution is 6.09. The number of ether oxygens (including phenoxy) is 1. The number of benzene rings is 1. The molecule has 102 valence electrons. The van der Waals surface area contributed by atoms with Gasteiger partial charge in [0.2, 0.25) is 0 Å². The summed E-state index contributed by atoms with van der Waals surface area (Å²) >= 11 is 0. The maximum atomic E-state index is 12.2. The monoisotopic (exact) mass is 269 g/mol. The molecule has 1 aromatic carbocycles. The summed E-state index contributed by atoms with van der Waals surface area (Å²) in [6.07, 6.45) is 4.53. The number of nitrogens with one attached hydrogen (secondary N) is 1. The van der Waals surface area contributed by atoms with Gasteiger partial charge in [-0.1, -0.05) is 30.3 Å². The predicted molar refractivity (Wildman–Crippen MR) is 76.3 cm³/mol. The quantitative estimate of drug-likeness (QED) is 0.516. The van der Waals surface area contributed by atoms with Crippen LogP contribution in [0.15, 0.2) is 48.7 Å². The van der Waals surface area contributed by atoms with Crippen molar-refractivity contribution in [3.63, 3.8) is 0 Å². The van der Waals surface area contributed by atoms with Gasteiger partial charge in [-0.25, -0.2) is 4.79 Å². The van der Waals surface area contributed by atoms with Crippen LogP contribution in [0.1, 0.15) is 28.5 Å². The van der Waals surface area contributed by atoms with E-state index >= 15 is 0 Å². The molecule has 0 amide bonds. The highest BCUT2D eigenvalue weighted by Crippen LogP contribution is 2.12. The summed E-state index contributed by atoms with van der Waals surface area (Å²) in [7, 11) is 0. The van der Waals surface area contributed by atoms with Gasteiger partial charge >= 0.3 is 5.97 Å². The van der Waals surface area contributed by atoms with E-state index in [1.807, 2.05) is 18.2 Å². The number of ketones is 1. The fourth-order valence-corrected chi connectivity index (χ4v) is 1.74. The van der Waals surface area contributed by atoms with Gasteiger partial charge in [0.15, 0.2) is 5.78 Å². The van der Waals surface area contributed by atoms with Crippen LogP contribution in [0, 0.1) is 0 Å². The SMILES string of the molecule is CCOC(=O)/C=C/c1cc(C(=O)c2ccccc2)c[nH]1. The molecule has 2 aromatic rings. The van der Waals surface area contributed by atoms with E-state index in [4.69, 9.17) is 4.74 Å². The molecule has 0 saturated heterocycles. The zero-order valence-electron chi connectivity index (χ0n) is 11.1. The summed E-state index contributed by atoms with van der Waals surface area (Å²) in [6, 6.07) is 10.7. The van der Waals surface area contributed by atoms with Crippen molar-refractivity contribution in [2.45, 2.75) is 6.92 Å². The molecule has 0 fully saturated rings. The van der Waals surface area contributed by atoms with E-state index in [1.165, 1.54) is 6.08 Å². The zero-order valence-corrected chi connectivity index (χ0v) is 11.1. The summed E-state index contributed by atoms with van der Waals surface area (Å²) in [5.41, 5.74) is 1.87. The van der Waals surface area contributed by atoms with E-state index in [1.54, 1.807) is 37.4 Å². The Morgan fingerprint density at radius 1 is 1.20 bits per heavy atom. The van der Waals surface area contributed by atoms with Crippen LogP contribution in [-0.4, -0.2) is 23.3 Å². The Morgan fingerprint density at radius 3 is 2.65 bits per heavy atom. The minimum atomic E-state index is -0.405. The Morgan fingerprint density at radius 2 is 1.95 bits per heavy atom. The van der Waals surface area contributed by atoms with Crippen LogP contribution >= 0.6 is 0 Å². The second-order valence-electron chi connectivity index (χ2n) is 4.12. The molecule has 0 unspecified atom stereocenters. The average Bonchev–Trinajstić information content (AvgIpc) is 2.94. The maximum absolute atomic E-state index is 12.2. The summed E-state index contributed by atoms with van der Waals surface area (Å²) in [6.45, 7) is 2.09. The van der Waals surface area contributed by atoms with Crippen molar-refractivity contribution in [2.75, 3.05) is 6.61 Å². The van der Waals surface area contributed by atoms with Crippen molar-refractivity contribution in [3.8, 4) is 0 Å². The lowest BCUT2D eigenvalue weighted by molar-refractivity contribution is -0.137. The number of aromatic amines is 1. The molecule has 0 aliphatic heterocycles. The van der Waals surface area contributed by atoms with Gasteiger partial charge in [-0.15, -0.1) is 0 Å². The second kappa shape index (κ2) is 6.52. The van der Waals surface area contributed by atoms with Crippen molar-refractivity contribution in [3.05, 3.63) is 65.5 Å². The van der Waals surface area contributed by atoms with E-state index in [0.29, 0.717) is 23.4 Å². The molecular formula is C16H15NO3. The van der Waals surface area contributed by atoms with Gasteiger partial charge in [0.25, 0.3) is 0 Å². The Balaban J connectivity index is 2.09. The van der Waals surface area contributed by atoms with Crippen molar-refractivity contribution >= 4 is 17.8 Å². The first-order valence-corrected chi connectivity index (χ1v) is 6.33. The van der Waals surface area contributed by atoms with Crippen molar-refractivity contribution in [1.29, 1.82) is 0 Å². The molecule has 0 spiro atoms. The smallest absolute Gasteiger partial charge is 0.330 e. The van der Waals surface area contributed by atoms with E-state index in [0.717, 1.165) is 0 Å². The molecule has 1 heterocycles. The number of carbonyl (C=O) groups is 2. The average molecular weight is 269 g/mol. The summed E-state index contributed by atoms with van der Waals surface area (Å²) in [5, 5.41) is 0. The van der Waals surface area contributed by atoms with E-state index in [2.05, 4.69) is 4.98 Å². The number of rotatable bonds is 5. The summed E-state index contributed by atoms with van der Waals surface area (Å²) in [5.74, 6) is -0.462. The van der Waals surface area contributed by atoms with Gasteiger partial charge in [-0.2, -0.15) is 0 Å². The molecule has 0 saturated carbocycles. The van der Waals surface area contributed by atoms with Crippen molar-refractivity contribution < 1.29 is 14.3 Å². The highest BCUT2D eigenvalue weighted by Gasteiger charge is 2.09. The van der Waals surface area contributed by atoms with E-state index in [-0.39, 0.29) is 5.78 Å². The van der Waals surface area contributed by atoms with E-state index in [9.17, 15) is 9.59 Å². The molecule has 4 nitrogen and oxygen atoms in total. The number of hydrogen-bond acceptors (Lipinski definition) is 3.